The molecule has 0 atom stereocenters. The maximum absolute atomic E-state index is 11.3. The highest BCUT2D eigenvalue weighted by Crippen LogP contribution is 2.21. The number of amides is 1. The maximum Gasteiger partial charge on any atom is 0.254 e. The molecule has 72 valence electrons. The first-order valence-electron chi connectivity index (χ1n) is 4.42. The first kappa shape index (κ1) is 9.84. The molecule has 1 aliphatic heterocycles. The summed E-state index contributed by atoms with van der Waals surface area (Å²) >= 11 is 0. The Hall–Kier alpha value is -1.25. The zero-order valence-electron chi connectivity index (χ0n) is 8.64. The molecule has 0 fully saturated rings. The van der Waals surface area contributed by atoms with E-state index in [1.54, 1.807) is 0 Å². The Morgan fingerprint density at radius 2 is 1.92 bits per heavy atom. The topological polar surface area (TPSA) is 32.3 Å². The van der Waals surface area contributed by atoms with Crippen LogP contribution in [0.1, 0.15) is 27.7 Å². The monoisotopic (exact) mass is 180 g/mol. The smallest absolute Gasteiger partial charge is 0.254 e. The lowest BCUT2D eigenvalue weighted by Gasteiger charge is -2.35. The molecular weight excluding hydrogens is 164 g/mol. The summed E-state index contributed by atoms with van der Waals surface area (Å²) < 4.78 is 0. The van der Waals surface area contributed by atoms with E-state index in [0.29, 0.717) is 11.9 Å². The molecule has 0 bridgehead atoms. The van der Waals surface area contributed by atoms with Crippen molar-refractivity contribution in [2.75, 3.05) is 0 Å². The molecule has 0 saturated heterocycles. The fourth-order valence-corrected chi connectivity index (χ4v) is 1.53. The van der Waals surface area contributed by atoms with Crippen LogP contribution in [0.4, 0.5) is 0 Å². The minimum atomic E-state index is -0.0422. The average molecular weight is 180 g/mol. The molecule has 1 rings (SSSR count). The Bertz CT molecular complexity index is 289. The summed E-state index contributed by atoms with van der Waals surface area (Å²) in [6.45, 7) is 11.7. The highest BCUT2D eigenvalue weighted by atomic mass is 16.2. The summed E-state index contributed by atoms with van der Waals surface area (Å²) in [6, 6.07) is 0.322. The van der Waals surface area contributed by atoms with Gasteiger partial charge in [0.25, 0.3) is 5.91 Å². The Balaban J connectivity index is 3.10. The zero-order valence-corrected chi connectivity index (χ0v) is 8.64. The molecule has 13 heavy (non-hydrogen) atoms. The fourth-order valence-electron chi connectivity index (χ4n) is 1.53. The van der Waals surface area contributed by atoms with Crippen molar-refractivity contribution in [3.05, 3.63) is 23.7 Å². The molecule has 0 aromatic carbocycles. The Labute approximate surface area is 79.1 Å². The predicted octanol–water partition coefficient (Wildman–Crippen LogP) is 1.59. The molecule has 3 heteroatoms. The third-order valence-electron chi connectivity index (χ3n) is 2.31. The lowest BCUT2D eigenvalue weighted by atomic mass is 10.1. The Kier molecular flexibility index (Phi) is 2.45. The Morgan fingerprint density at radius 3 is 2.38 bits per heavy atom. The maximum atomic E-state index is 11.3. The molecule has 3 nitrogen and oxygen atoms in total. The fraction of sp³-hybridized carbons (Fsp3) is 0.500. The number of hydrogen-bond donors (Lipinski definition) is 1. The van der Waals surface area contributed by atoms with Crippen molar-refractivity contribution in [2.24, 2.45) is 0 Å². The molecule has 0 aromatic heterocycles. The van der Waals surface area contributed by atoms with Gasteiger partial charge in [-0.1, -0.05) is 6.58 Å². The van der Waals surface area contributed by atoms with Crippen LogP contribution in [0.15, 0.2) is 23.7 Å². The van der Waals surface area contributed by atoms with E-state index < -0.39 is 0 Å². The van der Waals surface area contributed by atoms with Crippen LogP contribution < -0.4 is 5.32 Å². The second-order valence-corrected chi connectivity index (χ2v) is 3.57. The SMILES string of the molecule is C=C1NC(=O)C(C)=C(C)N1C(C)C. The molecule has 0 radical (unpaired) electrons. The summed E-state index contributed by atoms with van der Waals surface area (Å²) in [5.74, 6) is 0.627. The second-order valence-electron chi connectivity index (χ2n) is 3.57. The van der Waals surface area contributed by atoms with Gasteiger partial charge in [-0.2, -0.15) is 0 Å². The van der Waals surface area contributed by atoms with E-state index in [9.17, 15) is 4.79 Å². The first-order valence-corrected chi connectivity index (χ1v) is 4.42. The van der Waals surface area contributed by atoms with E-state index in [1.165, 1.54) is 0 Å². The molecule has 1 aliphatic rings. The third-order valence-corrected chi connectivity index (χ3v) is 2.31. The van der Waals surface area contributed by atoms with Gasteiger partial charge < -0.3 is 10.2 Å². The predicted molar refractivity (Wildman–Crippen MR) is 52.6 cm³/mol. The molecule has 0 aromatic rings. The number of nitrogens with one attached hydrogen (secondary N) is 1. The van der Waals surface area contributed by atoms with Crippen LogP contribution in [-0.4, -0.2) is 16.8 Å². The van der Waals surface area contributed by atoms with Crippen molar-refractivity contribution in [1.29, 1.82) is 0 Å². The summed E-state index contributed by atoms with van der Waals surface area (Å²) in [6.07, 6.45) is 0. The van der Waals surface area contributed by atoms with Gasteiger partial charge in [-0.25, -0.2) is 0 Å². The van der Waals surface area contributed by atoms with Crippen LogP contribution in [0.2, 0.25) is 0 Å². The highest BCUT2D eigenvalue weighted by Gasteiger charge is 2.24. The molecule has 0 unspecified atom stereocenters. The average Bonchev–Trinajstić information content (AvgIpc) is 1.99. The molecule has 0 spiro atoms. The van der Waals surface area contributed by atoms with Gasteiger partial charge in [0.15, 0.2) is 0 Å². The summed E-state index contributed by atoms with van der Waals surface area (Å²) in [5, 5.41) is 2.73. The lowest BCUT2D eigenvalue weighted by molar-refractivity contribution is -0.117. The number of allylic oxidation sites excluding steroid dienone is 1. The van der Waals surface area contributed by atoms with Crippen LogP contribution in [0.25, 0.3) is 0 Å². The molecule has 1 heterocycles. The number of rotatable bonds is 1. The van der Waals surface area contributed by atoms with Gasteiger partial charge in [-0.3, -0.25) is 4.79 Å². The van der Waals surface area contributed by atoms with Crippen LogP contribution in [0, 0.1) is 0 Å². The van der Waals surface area contributed by atoms with Gasteiger partial charge in [0.05, 0.1) is 0 Å². The molecule has 1 amide bonds. The third kappa shape index (κ3) is 1.59. The number of carbonyl (C=O) groups is 1. The van der Waals surface area contributed by atoms with Gasteiger partial charge in [-0.05, 0) is 27.7 Å². The van der Waals surface area contributed by atoms with Crippen LogP contribution in [-0.2, 0) is 4.79 Å². The van der Waals surface area contributed by atoms with Crippen molar-refractivity contribution in [1.82, 2.24) is 10.2 Å². The first-order chi connectivity index (χ1) is 5.95. The highest BCUT2D eigenvalue weighted by molar-refractivity contribution is 5.95. The van der Waals surface area contributed by atoms with Crippen LogP contribution in [0.3, 0.4) is 0 Å². The molecular formula is C10H16N2O. The van der Waals surface area contributed by atoms with Crippen molar-refractivity contribution < 1.29 is 4.79 Å². The minimum Gasteiger partial charge on any atom is -0.329 e. The summed E-state index contributed by atoms with van der Waals surface area (Å²) in [5.41, 5.74) is 1.75. The lowest BCUT2D eigenvalue weighted by Crippen LogP contribution is -2.43. The largest absolute Gasteiger partial charge is 0.329 e. The number of hydrogen-bond acceptors (Lipinski definition) is 2. The summed E-state index contributed by atoms with van der Waals surface area (Å²) in [4.78, 5) is 13.4. The molecule has 0 aliphatic carbocycles. The van der Waals surface area contributed by atoms with E-state index in [0.717, 1.165) is 11.3 Å². The van der Waals surface area contributed by atoms with E-state index >= 15 is 0 Å². The van der Waals surface area contributed by atoms with E-state index in [-0.39, 0.29) is 5.91 Å². The van der Waals surface area contributed by atoms with Gasteiger partial charge in [0, 0.05) is 17.3 Å². The van der Waals surface area contributed by atoms with Crippen molar-refractivity contribution in [3.63, 3.8) is 0 Å². The van der Waals surface area contributed by atoms with Crippen molar-refractivity contribution in [3.8, 4) is 0 Å². The molecule has 0 saturated carbocycles. The van der Waals surface area contributed by atoms with Crippen molar-refractivity contribution >= 4 is 5.91 Å². The zero-order chi connectivity index (χ0) is 10.2. The van der Waals surface area contributed by atoms with Crippen LogP contribution >= 0.6 is 0 Å². The minimum absolute atomic E-state index is 0.0422. The van der Waals surface area contributed by atoms with Gasteiger partial charge in [0.1, 0.15) is 5.82 Å². The van der Waals surface area contributed by atoms with E-state index in [1.807, 2.05) is 18.7 Å². The summed E-state index contributed by atoms with van der Waals surface area (Å²) in [7, 11) is 0. The van der Waals surface area contributed by atoms with Gasteiger partial charge in [0.2, 0.25) is 0 Å². The van der Waals surface area contributed by atoms with E-state index in [2.05, 4.69) is 25.7 Å². The Morgan fingerprint density at radius 1 is 1.38 bits per heavy atom. The van der Waals surface area contributed by atoms with E-state index in [4.69, 9.17) is 0 Å². The van der Waals surface area contributed by atoms with Gasteiger partial charge >= 0.3 is 0 Å². The van der Waals surface area contributed by atoms with Crippen molar-refractivity contribution in [2.45, 2.75) is 33.7 Å². The standard InChI is InChI=1S/C10H16N2O/c1-6(2)12-8(4)7(3)10(13)11-9(12)5/h6H,5H2,1-4H3,(H,11,13). The number of nitrogens with zero attached hydrogens (tertiary/aromatic N) is 1. The van der Waals surface area contributed by atoms with Gasteiger partial charge in [-0.15, -0.1) is 0 Å². The number of carbonyl (C=O) groups excluding carboxylic acids is 1. The quantitative estimate of drug-likeness (QED) is 0.664. The normalized spacial score (nSPS) is 18.4. The second kappa shape index (κ2) is 3.24. The molecule has 1 N–H and O–H groups in total. The van der Waals surface area contributed by atoms with Crippen LogP contribution in [0.5, 0.6) is 0 Å².